The van der Waals surface area contributed by atoms with Crippen LogP contribution in [0.2, 0.25) is 0 Å². The molecule has 1 saturated carbocycles. The Morgan fingerprint density at radius 1 is 0.778 bits per heavy atom. The molecule has 1 aliphatic carbocycles. The molecule has 2 aliphatic heterocycles. The minimum atomic E-state index is 0.357. The van der Waals surface area contributed by atoms with Crippen molar-refractivity contribution in [3.63, 3.8) is 0 Å². The van der Waals surface area contributed by atoms with Crippen LogP contribution in [0.3, 0.4) is 0 Å². The molecule has 3 fully saturated rings. The van der Waals surface area contributed by atoms with E-state index >= 15 is 0 Å². The maximum Gasteiger partial charge on any atom is 0.141 e. The highest BCUT2D eigenvalue weighted by Crippen LogP contribution is 2.30. The summed E-state index contributed by atoms with van der Waals surface area (Å²) >= 11 is 0. The number of Topliss-reactive ketones (excluding diaryl/α,β-unsaturated/α-hetero) is 1. The van der Waals surface area contributed by atoms with Crippen LogP contribution in [0.5, 0.6) is 0 Å². The third kappa shape index (κ3) is 2.77. The molecule has 2 atom stereocenters. The summed E-state index contributed by atoms with van der Waals surface area (Å²) in [6, 6.07) is 0. The lowest BCUT2D eigenvalue weighted by molar-refractivity contribution is -0.124. The van der Waals surface area contributed by atoms with Gasteiger partial charge in [-0.25, -0.2) is 0 Å². The zero-order valence-corrected chi connectivity index (χ0v) is 11.4. The molecule has 3 heteroatoms. The fourth-order valence-corrected chi connectivity index (χ4v) is 3.94. The van der Waals surface area contributed by atoms with Gasteiger partial charge in [-0.15, -0.1) is 0 Å². The maximum atomic E-state index is 12.4. The predicted molar refractivity (Wildman–Crippen MR) is 72.6 cm³/mol. The molecule has 0 bridgehead atoms. The van der Waals surface area contributed by atoms with Crippen molar-refractivity contribution >= 4 is 5.78 Å². The monoisotopic (exact) mass is 250 g/mol. The smallest absolute Gasteiger partial charge is 0.141 e. The Labute approximate surface area is 111 Å². The molecule has 3 nitrogen and oxygen atoms in total. The van der Waals surface area contributed by atoms with Gasteiger partial charge in [0.25, 0.3) is 0 Å². The van der Waals surface area contributed by atoms with Gasteiger partial charge in [-0.05, 0) is 64.7 Å². The Morgan fingerprint density at radius 3 is 1.56 bits per heavy atom. The molecule has 0 spiro atoms. The van der Waals surface area contributed by atoms with Gasteiger partial charge >= 0.3 is 0 Å². The van der Waals surface area contributed by atoms with Crippen LogP contribution in [0.4, 0.5) is 0 Å². The van der Waals surface area contributed by atoms with Gasteiger partial charge in [-0.2, -0.15) is 0 Å². The van der Waals surface area contributed by atoms with E-state index in [1.807, 2.05) is 0 Å². The van der Waals surface area contributed by atoms with Crippen molar-refractivity contribution in [2.24, 2.45) is 11.8 Å². The second kappa shape index (κ2) is 5.70. The first-order chi connectivity index (χ1) is 8.83. The second-order valence-electron chi connectivity index (χ2n) is 6.39. The van der Waals surface area contributed by atoms with E-state index in [0.29, 0.717) is 17.6 Å². The zero-order chi connectivity index (χ0) is 12.4. The molecule has 3 rings (SSSR count). The Hall–Kier alpha value is -0.410. The highest BCUT2D eigenvalue weighted by atomic mass is 16.1. The van der Waals surface area contributed by atoms with Crippen LogP contribution in [-0.4, -0.2) is 54.9 Å². The normalized spacial score (nSPS) is 34.8. The number of carbonyl (C=O) groups excluding carboxylic acids is 1. The first-order valence-corrected chi connectivity index (χ1v) is 7.81. The third-order valence-corrected chi connectivity index (χ3v) is 5.02. The van der Waals surface area contributed by atoms with Gasteiger partial charge in [0.05, 0.1) is 0 Å². The maximum absolute atomic E-state index is 12.4. The van der Waals surface area contributed by atoms with Crippen molar-refractivity contribution < 1.29 is 4.79 Å². The van der Waals surface area contributed by atoms with Crippen molar-refractivity contribution in [2.75, 3.05) is 39.3 Å². The van der Waals surface area contributed by atoms with Crippen molar-refractivity contribution in [1.29, 1.82) is 0 Å². The fraction of sp³-hybridized carbons (Fsp3) is 0.933. The molecule has 2 saturated heterocycles. The molecular weight excluding hydrogens is 224 g/mol. The average molecular weight is 250 g/mol. The quantitative estimate of drug-likeness (QED) is 0.760. The first-order valence-electron chi connectivity index (χ1n) is 7.81. The van der Waals surface area contributed by atoms with Crippen LogP contribution in [0.25, 0.3) is 0 Å². The lowest BCUT2D eigenvalue weighted by atomic mass is 10.0. The van der Waals surface area contributed by atoms with Crippen molar-refractivity contribution in [3.8, 4) is 0 Å². The number of hydrogen-bond acceptors (Lipinski definition) is 3. The minimum Gasteiger partial charge on any atom is -0.303 e. The minimum absolute atomic E-state index is 0.357. The van der Waals surface area contributed by atoms with Crippen LogP contribution in [0, 0.1) is 11.8 Å². The molecule has 0 aromatic rings. The number of rotatable bonds is 4. The van der Waals surface area contributed by atoms with Crippen LogP contribution in [0.15, 0.2) is 0 Å². The molecule has 0 unspecified atom stereocenters. The second-order valence-corrected chi connectivity index (χ2v) is 6.39. The molecular formula is C15H26N2O. The molecule has 0 N–H and O–H groups in total. The number of ketones is 1. The van der Waals surface area contributed by atoms with E-state index in [0.717, 1.165) is 25.9 Å². The molecule has 2 heterocycles. The van der Waals surface area contributed by atoms with E-state index in [-0.39, 0.29) is 0 Å². The summed E-state index contributed by atoms with van der Waals surface area (Å²) in [5.74, 6) is 1.29. The Balaban J connectivity index is 1.48. The summed E-state index contributed by atoms with van der Waals surface area (Å²) in [7, 11) is 0. The molecule has 3 aliphatic rings. The van der Waals surface area contributed by atoms with Crippen molar-refractivity contribution in [1.82, 2.24) is 9.80 Å². The largest absolute Gasteiger partial charge is 0.303 e. The lowest BCUT2D eigenvalue weighted by Gasteiger charge is -2.21. The lowest BCUT2D eigenvalue weighted by Crippen LogP contribution is -2.33. The highest BCUT2D eigenvalue weighted by molar-refractivity contribution is 5.85. The van der Waals surface area contributed by atoms with E-state index in [2.05, 4.69) is 9.80 Å². The Bertz CT molecular complexity index is 265. The topological polar surface area (TPSA) is 23.6 Å². The van der Waals surface area contributed by atoms with Gasteiger partial charge in [0.1, 0.15) is 5.78 Å². The molecule has 18 heavy (non-hydrogen) atoms. The zero-order valence-electron chi connectivity index (χ0n) is 11.4. The Morgan fingerprint density at radius 2 is 1.17 bits per heavy atom. The SMILES string of the molecule is O=C1[C@@H](CN2CCCC2)CC[C@H]1CN1CCCC1. The summed E-state index contributed by atoms with van der Waals surface area (Å²) in [5, 5.41) is 0. The summed E-state index contributed by atoms with van der Waals surface area (Å²) in [4.78, 5) is 17.4. The molecule has 0 amide bonds. The van der Waals surface area contributed by atoms with Gasteiger partial charge in [0.15, 0.2) is 0 Å². The fourth-order valence-electron chi connectivity index (χ4n) is 3.94. The van der Waals surface area contributed by atoms with Crippen LogP contribution in [-0.2, 0) is 4.79 Å². The number of nitrogens with zero attached hydrogens (tertiary/aromatic N) is 2. The predicted octanol–water partition coefficient (Wildman–Crippen LogP) is 1.77. The summed E-state index contributed by atoms with van der Waals surface area (Å²) in [6.07, 6.45) is 7.62. The number of carbonyl (C=O) groups is 1. The molecule has 0 aromatic heterocycles. The van der Waals surface area contributed by atoms with E-state index in [4.69, 9.17) is 0 Å². The molecule has 0 aromatic carbocycles. The summed E-state index contributed by atoms with van der Waals surface area (Å²) in [5.41, 5.74) is 0. The standard InChI is InChI=1S/C15H26N2O/c18-15-13(11-16-7-1-2-8-16)5-6-14(15)12-17-9-3-4-10-17/h13-14H,1-12H2/t13-,14+. The van der Waals surface area contributed by atoms with Gasteiger partial charge in [0, 0.05) is 24.9 Å². The summed E-state index contributed by atoms with van der Waals surface area (Å²) < 4.78 is 0. The third-order valence-electron chi connectivity index (χ3n) is 5.02. The van der Waals surface area contributed by atoms with Gasteiger partial charge < -0.3 is 9.80 Å². The average Bonchev–Trinajstić information content (AvgIpc) is 3.08. The number of hydrogen-bond donors (Lipinski definition) is 0. The van der Waals surface area contributed by atoms with E-state index in [1.54, 1.807) is 0 Å². The molecule has 0 radical (unpaired) electrons. The highest BCUT2D eigenvalue weighted by Gasteiger charge is 2.36. The van der Waals surface area contributed by atoms with Crippen LogP contribution < -0.4 is 0 Å². The van der Waals surface area contributed by atoms with E-state index < -0.39 is 0 Å². The van der Waals surface area contributed by atoms with Gasteiger partial charge in [0.2, 0.25) is 0 Å². The van der Waals surface area contributed by atoms with Crippen molar-refractivity contribution in [2.45, 2.75) is 38.5 Å². The first kappa shape index (κ1) is 12.6. The molecule has 102 valence electrons. The Kier molecular flexibility index (Phi) is 4.00. The van der Waals surface area contributed by atoms with E-state index in [9.17, 15) is 4.79 Å². The van der Waals surface area contributed by atoms with E-state index in [1.165, 1.54) is 51.9 Å². The summed E-state index contributed by atoms with van der Waals surface area (Å²) in [6.45, 7) is 6.99. The van der Waals surface area contributed by atoms with Gasteiger partial charge in [-0.1, -0.05) is 0 Å². The van der Waals surface area contributed by atoms with Gasteiger partial charge in [-0.3, -0.25) is 4.79 Å². The van der Waals surface area contributed by atoms with Crippen molar-refractivity contribution in [3.05, 3.63) is 0 Å². The number of likely N-dealkylation sites (tertiary alicyclic amines) is 2. The van der Waals surface area contributed by atoms with Crippen LogP contribution in [0.1, 0.15) is 38.5 Å². The van der Waals surface area contributed by atoms with Crippen LogP contribution >= 0.6 is 0 Å².